The molecule has 1 saturated heterocycles. The summed E-state index contributed by atoms with van der Waals surface area (Å²) in [5.41, 5.74) is 3.39. The molecule has 7 nitrogen and oxygen atoms in total. The van der Waals surface area contributed by atoms with Crippen LogP contribution in [0.1, 0.15) is 25.0 Å². The van der Waals surface area contributed by atoms with Crippen LogP contribution in [-0.4, -0.2) is 57.4 Å². The molecule has 0 aliphatic carbocycles. The van der Waals surface area contributed by atoms with Gasteiger partial charge in [0.15, 0.2) is 17.5 Å². The number of nitrogens with zero attached hydrogens (tertiary/aromatic N) is 2. The fraction of sp³-hybridized carbons (Fsp3) is 0.458. The molecule has 1 heterocycles. The molecule has 8 heteroatoms. The van der Waals surface area contributed by atoms with Crippen LogP contribution in [0.5, 0.6) is 11.5 Å². The number of benzene rings is 2. The van der Waals surface area contributed by atoms with Gasteiger partial charge in [-0.15, -0.1) is 24.0 Å². The molecular weight excluding hydrogens is 519 g/mol. The zero-order valence-corrected chi connectivity index (χ0v) is 21.6. The first-order valence-corrected chi connectivity index (χ1v) is 11.0. The number of methoxy groups -OCH3 is 1. The molecule has 32 heavy (non-hydrogen) atoms. The minimum Gasteiger partial charge on any atom is -0.493 e. The van der Waals surface area contributed by atoms with Gasteiger partial charge in [0.1, 0.15) is 0 Å². The largest absolute Gasteiger partial charge is 0.493 e. The Balaban J connectivity index is 0.00000363. The van der Waals surface area contributed by atoms with E-state index in [0.717, 1.165) is 51.0 Å². The van der Waals surface area contributed by atoms with E-state index in [9.17, 15) is 0 Å². The highest BCUT2D eigenvalue weighted by atomic mass is 127. The third kappa shape index (κ3) is 8.14. The lowest BCUT2D eigenvalue weighted by molar-refractivity contribution is 0.0342. The lowest BCUT2D eigenvalue weighted by Crippen LogP contribution is -2.35. The van der Waals surface area contributed by atoms with E-state index < -0.39 is 0 Å². The number of anilines is 1. The Kier molecular flexibility index (Phi) is 11.6. The van der Waals surface area contributed by atoms with Crippen LogP contribution < -0.4 is 20.1 Å². The number of hydrogen-bond acceptors (Lipinski definition) is 5. The summed E-state index contributed by atoms with van der Waals surface area (Å²) in [5.74, 6) is 2.15. The van der Waals surface area contributed by atoms with Crippen LogP contribution in [0.3, 0.4) is 0 Å². The Morgan fingerprint density at radius 3 is 2.41 bits per heavy atom. The summed E-state index contributed by atoms with van der Waals surface area (Å²) in [6.07, 6.45) is 0. The molecule has 1 fully saturated rings. The molecule has 176 valence electrons. The summed E-state index contributed by atoms with van der Waals surface area (Å²) >= 11 is 0. The highest BCUT2D eigenvalue weighted by Gasteiger charge is 2.10. The number of hydrogen-bond donors (Lipinski definition) is 2. The van der Waals surface area contributed by atoms with Crippen LogP contribution in [0.15, 0.2) is 47.5 Å². The zero-order valence-electron chi connectivity index (χ0n) is 19.2. The van der Waals surface area contributed by atoms with Gasteiger partial charge in [-0.3, -0.25) is 4.90 Å². The van der Waals surface area contributed by atoms with Gasteiger partial charge in [-0.1, -0.05) is 24.3 Å². The number of ether oxygens (including phenoxy) is 3. The van der Waals surface area contributed by atoms with Gasteiger partial charge in [-0.2, -0.15) is 0 Å². The molecule has 1 aliphatic heterocycles. The van der Waals surface area contributed by atoms with Crippen molar-refractivity contribution >= 4 is 35.6 Å². The SMILES string of the molecule is CCNC(=NCc1ccc(CN2CCOCC2)cc1)Nc1ccc(OC)c(OCC)c1.I. The lowest BCUT2D eigenvalue weighted by Gasteiger charge is -2.26. The molecule has 0 bridgehead atoms. The van der Waals surface area contributed by atoms with Crippen LogP contribution in [-0.2, 0) is 17.8 Å². The van der Waals surface area contributed by atoms with Crippen LogP contribution in [0.4, 0.5) is 5.69 Å². The van der Waals surface area contributed by atoms with Crippen molar-refractivity contribution in [1.82, 2.24) is 10.2 Å². The van der Waals surface area contributed by atoms with Crippen LogP contribution in [0, 0.1) is 0 Å². The third-order valence-corrected chi connectivity index (χ3v) is 5.02. The number of nitrogens with one attached hydrogen (secondary N) is 2. The molecule has 0 unspecified atom stereocenters. The van der Waals surface area contributed by atoms with Crippen molar-refractivity contribution in [2.75, 3.05) is 51.9 Å². The Bertz CT molecular complexity index is 840. The van der Waals surface area contributed by atoms with E-state index in [1.54, 1.807) is 7.11 Å². The van der Waals surface area contributed by atoms with E-state index in [2.05, 4.69) is 46.7 Å². The molecule has 0 atom stereocenters. The zero-order chi connectivity index (χ0) is 21.9. The first-order chi connectivity index (χ1) is 15.2. The summed E-state index contributed by atoms with van der Waals surface area (Å²) in [4.78, 5) is 7.16. The predicted octanol–water partition coefficient (Wildman–Crippen LogP) is 4.12. The first-order valence-electron chi connectivity index (χ1n) is 11.0. The number of aliphatic imine (C=N–C) groups is 1. The minimum absolute atomic E-state index is 0. The van der Waals surface area contributed by atoms with Gasteiger partial charge in [0.25, 0.3) is 0 Å². The van der Waals surface area contributed by atoms with Gasteiger partial charge in [0.05, 0.1) is 33.5 Å². The summed E-state index contributed by atoms with van der Waals surface area (Å²) in [7, 11) is 1.64. The summed E-state index contributed by atoms with van der Waals surface area (Å²) in [5, 5.41) is 6.65. The number of guanidine groups is 1. The maximum atomic E-state index is 5.67. The molecule has 0 saturated carbocycles. The second-order valence-electron chi connectivity index (χ2n) is 7.32. The van der Waals surface area contributed by atoms with Crippen molar-refractivity contribution in [3.8, 4) is 11.5 Å². The van der Waals surface area contributed by atoms with E-state index >= 15 is 0 Å². The van der Waals surface area contributed by atoms with E-state index in [-0.39, 0.29) is 24.0 Å². The maximum Gasteiger partial charge on any atom is 0.196 e. The maximum absolute atomic E-state index is 5.67. The minimum atomic E-state index is 0. The third-order valence-electron chi connectivity index (χ3n) is 5.02. The van der Waals surface area contributed by atoms with Crippen molar-refractivity contribution in [1.29, 1.82) is 0 Å². The Morgan fingerprint density at radius 2 is 1.75 bits per heavy atom. The van der Waals surface area contributed by atoms with Gasteiger partial charge < -0.3 is 24.8 Å². The summed E-state index contributed by atoms with van der Waals surface area (Å²) in [6, 6.07) is 14.5. The standard InChI is InChI=1S/C24H34N4O3.HI/c1-4-25-24(27-21-10-11-22(29-3)23(16-21)31-5-2)26-17-19-6-8-20(9-7-19)18-28-12-14-30-15-13-28;/h6-11,16H,4-5,12-15,17-18H2,1-3H3,(H2,25,26,27);1H. The molecule has 0 amide bonds. The molecule has 3 rings (SSSR count). The van der Waals surface area contributed by atoms with Crippen LogP contribution in [0.25, 0.3) is 0 Å². The van der Waals surface area contributed by atoms with Crippen molar-refractivity contribution in [2.45, 2.75) is 26.9 Å². The van der Waals surface area contributed by atoms with Gasteiger partial charge in [0.2, 0.25) is 0 Å². The van der Waals surface area contributed by atoms with E-state index in [4.69, 9.17) is 19.2 Å². The van der Waals surface area contributed by atoms with Crippen molar-refractivity contribution in [3.63, 3.8) is 0 Å². The van der Waals surface area contributed by atoms with Crippen molar-refractivity contribution in [2.24, 2.45) is 4.99 Å². The van der Waals surface area contributed by atoms with E-state index in [1.807, 2.05) is 25.1 Å². The predicted molar refractivity (Wildman–Crippen MR) is 141 cm³/mol. The molecule has 0 radical (unpaired) electrons. The van der Waals surface area contributed by atoms with Gasteiger partial charge in [0, 0.05) is 37.9 Å². The molecule has 2 aromatic rings. The average Bonchev–Trinajstić information content (AvgIpc) is 2.80. The highest BCUT2D eigenvalue weighted by molar-refractivity contribution is 14.0. The smallest absolute Gasteiger partial charge is 0.196 e. The fourth-order valence-electron chi connectivity index (χ4n) is 3.40. The topological polar surface area (TPSA) is 67.4 Å². The molecular formula is C24H35IN4O3. The van der Waals surface area contributed by atoms with Gasteiger partial charge in [-0.05, 0) is 37.1 Å². The second kappa shape index (κ2) is 14.2. The van der Waals surface area contributed by atoms with E-state index in [0.29, 0.717) is 24.7 Å². The summed E-state index contributed by atoms with van der Waals surface area (Å²) in [6.45, 7) is 10.6. The number of rotatable bonds is 9. The molecule has 2 N–H and O–H groups in total. The molecule has 0 aromatic heterocycles. The van der Waals surface area contributed by atoms with Crippen LogP contribution in [0.2, 0.25) is 0 Å². The normalized spacial score (nSPS) is 14.4. The Morgan fingerprint density at radius 1 is 1.03 bits per heavy atom. The highest BCUT2D eigenvalue weighted by Crippen LogP contribution is 2.30. The monoisotopic (exact) mass is 554 g/mol. The average molecular weight is 554 g/mol. The van der Waals surface area contributed by atoms with Gasteiger partial charge in [-0.25, -0.2) is 4.99 Å². The number of morpholine rings is 1. The quantitative estimate of drug-likeness (QED) is 0.276. The first kappa shape index (κ1) is 26.2. The molecule has 2 aromatic carbocycles. The summed E-state index contributed by atoms with van der Waals surface area (Å²) < 4.78 is 16.5. The van der Waals surface area contributed by atoms with E-state index in [1.165, 1.54) is 11.1 Å². The number of halogens is 1. The fourth-order valence-corrected chi connectivity index (χ4v) is 3.40. The second-order valence-corrected chi connectivity index (χ2v) is 7.32. The van der Waals surface area contributed by atoms with Crippen molar-refractivity contribution in [3.05, 3.63) is 53.6 Å². The molecule has 0 spiro atoms. The lowest BCUT2D eigenvalue weighted by atomic mass is 10.1. The van der Waals surface area contributed by atoms with Crippen molar-refractivity contribution < 1.29 is 14.2 Å². The van der Waals surface area contributed by atoms with Crippen LogP contribution >= 0.6 is 24.0 Å². The Hall–Kier alpha value is -2.04. The Labute approximate surface area is 208 Å². The molecule has 1 aliphatic rings. The van der Waals surface area contributed by atoms with Gasteiger partial charge >= 0.3 is 0 Å².